The van der Waals surface area contributed by atoms with E-state index in [4.69, 9.17) is 14.3 Å². The van der Waals surface area contributed by atoms with Crippen molar-refractivity contribution in [1.82, 2.24) is 14.7 Å². The Balaban J connectivity index is 1.58. The van der Waals surface area contributed by atoms with Gasteiger partial charge in [0.2, 0.25) is 5.91 Å². The molecule has 5 rings (SSSR count). The number of carbonyl (C=O) groups is 1. The molecule has 196 valence electrons. The first kappa shape index (κ1) is 25.9. The normalized spacial score (nSPS) is 22.5. The van der Waals surface area contributed by atoms with Gasteiger partial charge in [-0.25, -0.2) is 0 Å². The first-order valence-electron chi connectivity index (χ1n) is 13.1. The number of nitrogens with zero attached hydrogens (tertiary/aromatic N) is 4. The lowest BCUT2D eigenvalue weighted by molar-refractivity contribution is -0.129. The fourth-order valence-corrected chi connectivity index (χ4v) is 7.15. The molecule has 1 saturated heterocycles. The molecule has 0 saturated carbocycles. The first-order valence-corrected chi connectivity index (χ1v) is 16.8. The molecule has 2 atom stereocenters. The number of amides is 1. The number of ether oxygens (including phenoxy) is 1. The molecule has 2 unspecified atom stereocenters. The van der Waals surface area contributed by atoms with Crippen molar-refractivity contribution in [1.29, 1.82) is 0 Å². The molecule has 0 radical (unpaired) electrons. The summed E-state index contributed by atoms with van der Waals surface area (Å²) in [5.74, 6) is 1.08. The second kappa shape index (κ2) is 9.56. The highest BCUT2D eigenvalue weighted by Crippen LogP contribution is 2.43. The number of aromatic nitrogens is 2. The fourth-order valence-electron chi connectivity index (χ4n) is 5.40. The van der Waals surface area contributed by atoms with Crippen LogP contribution in [0, 0.1) is 0 Å². The Hall–Kier alpha value is -1.68. The van der Waals surface area contributed by atoms with E-state index < -0.39 is 8.32 Å². The van der Waals surface area contributed by atoms with Crippen LogP contribution in [0.2, 0.25) is 18.1 Å². The lowest BCUT2D eigenvalue weighted by Gasteiger charge is -2.43. The molecule has 1 aromatic heterocycles. The number of anilines is 2. The van der Waals surface area contributed by atoms with E-state index >= 15 is 0 Å². The maximum Gasteiger partial charge on any atom is 0.219 e. The zero-order valence-electron chi connectivity index (χ0n) is 22.4. The van der Waals surface area contributed by atoms with Gasteiger partial charge in [0.25, 0.3) is 0 Å². The number of carbonyl (C=O) groups excluding carboxylic acids is 1. The van der Waals surface area contributed by atoms with Gasteiger partial charge in [0.1, 0.15) is 0 Å². The van der Waals surface area contributed by atoms with Crippen LogP contribution in [-0.2, 0) is 33.3 Å². The number of benzene rings is 1. The number of fused-ring (bicyclic) bond motifs is 2. The molecule has 36 heavy (non-hydrogen) atoms. The number of hydrogen-bond donors (Lipinski definition) is 0. The minimum Gasteiger partial charge on any atom is -0.412 e. The summed E-state index contributed by atoms with van der Waals surface area (Å²) in [5, 5.41) is 5.40. The van der Waals surface area contributed by atoms with E-state index in [2.05, 4.69) is 77.6 Å². The van der Waals surface area contributed by atoms with Crippen molar-refractivity contribution in [2.24, 2.45) is 0 Å². The topological polar surface area (TPSA) is 59.8 Å². The summed E-state index contributed by atoms with van der Waals surface area (Å²) in [6.07, 6.45) is 2.76. The maximum absolute atomic E-state index is 12.3. The van der Waals surface area contributed by atoms with Crippen LogP contribution in [0.15, 0.2) is 22.7 Å². The van der Waals surface area contributed by atoms with Crippen molar-refractivity contribution < 1.29 is 14.0 Å². The van der Waals surface area contributed by atoms with Gasteiger partial charge in [0, 0.05) is 54.3 Å². The molecule has 0 bridgehead atoms. The molecule has 3 aliphatic rings. The lowest BCUT2D eigenvalue weighted by atomic mass is 9.98. The predicted octanol–water partition coefficient (Wildman–Crippen LogP) is 5.60. The van der Waals surface area contributed by atoms with Gasteiger partial charge in [-0.05, 0) is 48.3 Å². The molecule has 0 aliphatic carbocycles. The fraction of sp³-hybridized carbons (Fsp3) is 0.630. The van der Waals surface area contributed by atoms with Gasteiger partial charge in [-0.3, -0.25) is 9.48 Å². The van der Waals surface area contributed by atoms with E-state index in [1.54, 1.807) is 6.92 Å². The van der Waals surface area contributed by atoms with Gasteiger partial charge in [-0.2, -0.15) is 5.10 Å². The Morgan fingerprint density at radius 1 is 1.28 bits per heavy atom. The third-order valence-corrected chi connectivity index (χ3v) is 13.5. The lowest BCUT2D eigenvalue weighted by Crippen LogP contribution is -2.49. The first-order chi connectivity index (χ1) is 16.9. The van der Waals surface area contributed by atoms with Gasteiger partial charge >= 0.3 is 0 Å². The van der Waals surface area contributed by atoms with Gasteiger partial charge in [-0.15, -0.1) is 0 Å². The maximum atomic E-state index is 12.3. The number of hydrogen-bond acceptors (Lipinski definition) is 5. The van der Waals surface area contributed by atoms with Crippen LogP contribution in [0.5, 0.6) is 0 Å². The molecule has 1 amide bonds. The summed E-state index contributed by atoms with van der Waals surface area (Å²) < 4.78 is 16.0. The summed E-state index contributed by atoms with van der Waals surface area (Å²) in [6.45, 7) is 16.8. The molecule has 0 spiro atoms. The molecular weight excluding hydrogens is 536 g/mol. The third kappa shape index (κ3) is 4.79. The van der Waals surface area contributed by atoms with Crippen molar-refractivity contribution in [3.8, 4) is 0 Å². The van der Waals surface area contributed by atoms with Gasteiger partial charge in [0.15, 0.2) is 14.1 Å². The van der Waals surface area contributed by atoms with Gasteiger partial charge in [-0.1, -0.05) is 36.7 Å². The van der Waals surface area contributed by atoms with E-state index in [1.807, 2.05) is 4.90 Å². The highest BCUT2D eigenvalue weighted by atomic mass is 79.9. The largest absolute Gasteiger partial charge is 0.412 e. The average molecular weight is 576 g/mol. The summed E-state index contributed by atoms with van der Waals surface area (Å²) in [5.41, 5.74) is 4.88. The highest BCUT2D eigenvalue weighted by molar-refractivity contribution is 9.10. The average Bonchev–Trinajstić information content (AvgIpc) is 3.44. The molecule has 3 aliphatic heterocycles. The quantitative estimate of drug-likeness (QED) is 0.445. The Bertz CT molecular complexity index is 1150. The minimum absolute atomic E-state index is 0.0795. The predicted molar refractivity (Wildman–Crippen MR) is 148 cm³/mol. The van der Waals surface area contributed by atoms with Crippen molar-refractivity contribution in [2.75, 3.05) is 31.2 Å². The Labute approximate surface area is 224 Å². The highest BCUT2D eigenvalue weighted by Gasteiger charge is 2.42. The van der Waals surface area contributed by atoms with E-state index in [1.165, 1.54) is 22.5 Å². The van der Waals surface area contributed by atoms with Crippen LogP contribution in [-0.4, -0.2) is 61.3 Å². The van der Waals surface area contributed by atoms with Crippen LogP contribution < -0.4 is 4.90 Å². The van der Waals surface area contributed by atoms with Crippen molar-refractivity contribution in [2.45, 2.75) is 83.8 Å². The monoisotopic (exact) mass is 574 g/mol. The zero-order valence-corrected chi connectivity index (χ0v) is 25.0. The van der Waals surface area contributed by atoms with Crippen LogP contribution in [0.4, 0.5) is 11.5 Å². The smallest absolute Gasteiger partial charge is 0.219 e. The molecule has 4 heterocycles. The number of rotatable bonds is 4. The molecular formula is C27H39BrN4O3Si. The summed E-state index contributed by atoms with van der Waals surface area (Å²) in [7, 11) is -1.96. The van der Waals surface area contributed by atoms with Crippen molar-refractivity contribution in [3.05, 3.63) is 39.5 Å². The Morgan fingerprint density at radius 3 is 2.72 bits per heavy atom. The van der Waals surface area contributed by atoms with Crippen LogP contribution in [0.1, 0.15) is 57.0 Å². The van der Waals surface area contributed by atoms with E-state index in [-0.39, 0.29) is 23.1 Å². The van der Waals surface area contributed by atoms with Crippen molar-refractivity contribution in [3.63, 3.8) is 0 Å². The van der Waals surface area contributed by atoms with Crippen molar-refractivity contribution >= 4 is 41.7 Å². The minimum atomic E-state index is -1.96. The Morgan fingerprint density at radius 2 is 2.06 bits per heavy atom. The second-order valence-electron chi connectivity index (χ2n) is 12.0. The van der Waals surface area contributed by atoms with E-state index in [0.29, 0.717) is 13.2 Å². The van der Waals surface area contributed by atoms with E-state index in [9.17, 15) is 4.79 Å². The zero-order chi connectivity index (χ0) is 25.8. The van der Waals surface area contributed by atoms with Gasteiger partial charge in [0.05, 0.1) is 31.8 Å². The summed E-state index contributed by atoms with van der Waals surface area (Å²) >= 11 is 3.68. The molecule has 0 N–H and O–H groups in total. The van der Waals surface area contributed by atoms with Crippen LogP contribution in [0.25, 0.3) is 0 Å². The Kier molecular flexibility index (Phi) is 6.89. The third-order valence-electron chi connectivity index (χ3n) is 8.45. The summed E-state index contributed by atoms with van der Waals surface area (Å²) in [6, 6.07) is 6.78. The van der Waals surface area contributed by atoms with Crippen LogP contribution in [0.3, 0.4) is 0 Å². The summed E-state index contributed by atoms with van der Waals surface area (Å²) in [4.78, 5) is 16.6. The molecule has 7 nitrogen and oxygen atoms in total. The molecule has 2 aromatic rings. The molecule has 1 aromatic carbocycles. The molecule has 1 fully saturated rings. The standard InChI is InChI=1S/C27H39BrN4O3Si/c1-18(33)30-11-9-25-23(16-30)26(29-32(25)21-10-12-34-17-21)31-15-22(35-36(5,6)27(2,3)4)14-19-13-20(28)7-8-24(19)31/h7-8,13,21-22H,9-12,14-17H2,1-6H3. The second-order valence-corrected chi connectivity index (χ2v) is 17.7. The van der Waals surface area contributed by atoms with E-state index in [0.717, 1.165) is 49.2 Å². The SMILES string of the molecule is CC(=O)N1CCc2c(c(N3CC(O[Si](C)(C)C(C)(C)C)Cc4cc(Br)ccc43)nn2C2CCOC2)C1. The molecule has 9 heteroatoms. The number of halogens is 1. The van der Waals surface area contributed by atoms with Crippen LogP contribution >= 0.6 is 15.9 Å². The van der Waals surface area contributed by atoms with Gasteiger partial charge < -0.3 is 19.0 Å².